The Bertz CT molecular complexity index is 248. The van der Waals surface area contributed by atoms with Crippen LogP contribution in [0.25, 0.3) is 0 Å². The molecular weight excluding hydrogens is 236 g/mol. The van der Waals surface area contributed by atoms with Gasteiger partial charge in [0.25, 0.3) is 0 Å². The summed E-state index contributed by atoms with van der Waals surface area (Å²) in [4.78, 5) is 10.4. The zero-order valence-electron chi connectivity index (χ0n) is 12.1. The van der Waals surface area contributed by atoms with Crippen molar-refractivity contribution in [3.05, 3.63) is 0 Å². The summed E-state index contributed by atoms with van der Waals surface area (Å²) in [6.45, 7) is 8.66. The molecule has 18 heavy (non-hydrogen) atoms. The fraction of sp³-hybridized carbons (Fsp3) is 0.923. The highest BCUT2D eigenvalue weighted by atomic mass is 16.5. The van der Waals surface area contributed by atoms with Gasteiger partial charge in [0.2, 0.25) is 0 Å². The summed E-state index contributed by atoms with van der Waals surface area (Å²) < 4.78 is 16.1. The fourth-order valence-corrected chi connectivity index (χ4v) is 1.32. The van der Waals surface area contributed by atoms with Crippen LogP contribution in [-0.2, 0) is 19.0 Å². The van der Waals surface area contributed by atoms with Crippen LogP contribution in [0.15, 0.2) is 0 Å². The summed E-state index contributed by atoms with van der Waals surface area (Å²) in [7, 11) is 1.67. The molecule has 108 valence electrons. The van der Waals surface area contributed by atoms with E-state index in [0.29, 0.717) is 19.6 Å². The smallest absolute Gasteiger partial charge is 0.329 e. The van der Waals surface area contributed by atoms with E-state index < -0.39 is 11.6 Å². The summed E-state index contributed by atoms with van der Waals surface area (Å²) >= 11 is 0. The number of methoxy groups -OCH3 is 1. The van der Waals surface area contributed by atoms with Crippen LogP contribution in [0.3, 0.4) is 0 Å². The van der Waals surface area contributed by atoms with Gasteiger partial charge >= 0.3 is 5.97 Å². The van der Waals surface area contributed by atoms with E-state index in [-0.39, 0.29) is 12.2 Å². The van der Waals surface area contributed by atoms with Gasteiger partial charge in [-0.15, -0.1) is 0 Å². The van der Waals surface area contributed by atoms with Crippen molar-refractivity contribution >= 4 is 5.97 Å². The van der Waals surface area contributed by atoms with Crippen molar-refractivity contribution in [1.29, 1.82) is 0 Å². The molecule has 0 atom stereocenters. The molecule has 5 nitrogen and oxygen atoms in total. The number of aliphatic carboxylic acids is 1. The van der Waals surface area contributed by atoms with Gasteiger partial charge in [-0.25, -0.2) is 4.79 Å². The van der Waals surface area contributed by atoms with Gasteiger partial charge in [-0.1, -0.05) is 0 Å². The summed E-state index contributed by atoms with van der Waals surface area (Å²) in [5.74, 6) is -0.954. The molecule has 0 fully saturated rings. The van der Waals surface area contributed by atoms with Gasteiger partial charge < -0.3 is 19.3 Å². The van der Waals surface area contributed by atoms with Crippen molar-refractivity contribution in [2.75, 3.05) is 26.9 Å². The van der Waals surface area contributed by atoms with E-state index in [1.165, 1.54) is 0 Å². The predicted octanol–water partition coefficient (Wildman–Crippen LogP) is 2.09. The predicted molar refractivity (Wildman–Crippen MR) is 68.8 cm³/mol. The molecule has 0 rings (SSSR count). The second-order valence-electron chi connectivity index (χ2n) is 5.54. The average Bonchev–Trinajstić information content (AvgIpc) is 2.23. The summed E-state index contributed by atoms with van der Waals surface area (Å²) in [5, 5.41) is 8.56. The first-order valence-corrected chi connectivity index (χ1v) is 6.17. The molecule has 0 aliphatic carbocycles. The lowest BCUT2D eigenvalue weighted by Crippen LogP contribution is -2.32. The van der Waals surface area contributed by atoms with Crippen LogP contribution in [-0.4, -0.2) is 49.2 Å². The Hall–Kier alpha value is -0.650. The fourth-order valence-electron chi connectivity index (χ4n) is 1.32. The quantitative estimate of drug-likeness (QED) is 0.653. The van der Waals surface area contributed by atoms with E-state index in [1.54, 1.807) is 7.11 Å². The first-order valence-electron chi connectivity index (χ1n) is 6.17. The second-order valence-corrected chi connectivity index (χ2v) is 5.54. The van der Waals surface area contributed by atoms with Crippen molar-refractivity contribution in [3.8, 4) is 0 Å². The molecule has 0 aliphatic rings. The van der Waals surface area contributed by atoms with Crippen molar-refractivity contribution < 1.29 is 24.1 Å². The molecule has 0 saturated heterocycles. The topological polar surface area (TPSA) is 65.0 Å². The Kier molecular flexibility index (Phi) is 7.43. The van der Waals surface area contributed by atoms with Gasteiger partial charge in [0.1, 0.15) is 6.61 Å². The number of hydrogen-bond acceptors (Lipinski definition) is 4. The summed E-state index contributed by atoms with van der Waals surface area (Å²) in [6.07, 6.45) is 1.47. The molecule has 1 N–H and O–H groups in total. The Morgan fingerprint density at radius 1 is 1.00 bits per heavy atom. The van der Waals surface area contributed by atoms with E-state index in [2.05, 4.69) is 0 Å². The summed E-state index contributed by atoms with van der Waals surface area (Å²) in [5.41, 5.74) is -0.728. The maximum Gasteiger partial charge on any atom is 0.329 e. The van der Waals surface area contributed by atoms with E-state index >= 15 is 0 Å². The minimum absolute atomic E-state index is 0.237. The van der Waals surface area contributed by atoms with Gasteiger partial charge in [-0.3, -0.25) is 0 Å². The second kappa shape index (κ2) is 7.71. The molecule has 0 heterocycles. The number of rotatable bonds is 10. The van der Waals surface area contributed by atoms with Crippen molar-refractivity contribution in [3.63, 3.8) is 0 Å². The first kappa shape index (κ1) is 17.4. The molecule has 0 saturated carbocycles. The third kappa shape index (κ3) is 9.39. The SMILES string of the molecule is COCCC(C)(C)OCCC(C)(C)OCC(=O)O. The van der Waals surface area contributed by atoms with Crippen molar-refractivity contribution in [2.45, 2.75) is 51.7 Å². The number of carboxylic acids is 1. The zero-order chi connectivity index (χ0) is 14.2. The van der Waals surface area contributed by atoms with Crippen LogP contribution in [0.1, 0.15) is 40.5 Å². The highest BCUT2D eigenvalue weighted by molar-refractivity contribution is 5.68. The maximum absolute atomic E-state index is 10.4. The average molecular weight is 262 g/mol. The highest BCUT2D eigenvalue weighted by Gasteiger charge is 2.23. The molecule has 0 radical (unpaired) electrons. The lowest BCUT2D eigenvalue weighted by Gasteiger charge is -2.29. The Morgan fingerprint density at radius 2 is 1.50 bits per heavy atom. The van der Waals surface area contributed by atoms with Crippen LogP contribution < -0.4 is 0 Å². The minimum Gasteiger partial charge on any atom is -0.480 e. The number of carboxylic acid groups (broad SMARTS) is 1. The van der Waals surface area contributed by atoms with Gasteiger partial charge in [-0.2, -0.15) is 0 Å². The molecule has 0 aliphatic heterocycles. The normalized spacial score (nSPS) is 12.7. The van der Waals surface area contributed by atoms with Crippen LogP contribution in [0.2, 0.25) is 0 Å². The van der Waals surface area contributed by atoms with E-state index in [9.17, 15) is 4.79 Å². The lowest BCUT2D eigenvalue weighted by molar-refractivity contribution is -0.150. The molecule has 0 spiro atoms. The third-order valence-electron chi connectivity index (χ3n) is 2.69. The zero-order valence-corrected chi connectivity index (χ0v) is 12.1. The largest absolute Gasteiger partial charge is 0.480 e. The van der Waals surface area contributed by atoms with E-state index in [1.807, 2.05) is 27.7 Å². The molecule has 0 aromatic rings. The van der Waals surface area contributed by atoms with E-state index in [4.69, 9.17) is 19.3 Å². The molecule has 0 aromatic heterocycles. The van der Waals surface area contributed by atoms with Crippen molar-refractivity contribution in [2.24, 2.45) is 0 Å². The molecule has 0 bridgehead atoms. The Balaban J connectivity index is 3.90. The standard InChI is InChI=1S/C13H26O5/c1-12(2,6-8-16-5)17-9-7-13(3,4)18-10-11(14)15/h6-10H2,1-5H3,(H,14,15). The maximum atomic E-state index is 10.4. The molecule has 5 heteroatoms. The molecular formula is C13H26O5. The molecule has 0 aromatic carbocycles. The summed E-state index contributed by atoms with van der Waals surface area (Å²) in [6, 6.07) is 0. The molecule has 0 unspecified atom stereocenters. The lowest BCUT2D eigenvalue weighted by atomic mass is 10.0. The first-order chi connectivity index (χ1) is 8.18. The van der Waals surface area contributed by atoms with Crippen LogP contribution in [0.4, 0.5) is 0 Å². The third-order valence-corrected chi connectivity index (χ3v) is 2.69. The highest BCUT2D eigenvalue weighted by Crippen LogP contribution is 2.19. The van der Waals surface area contributed by atoms with Gasteiger partial charge in [0.05, 0.1) is 17.8 Å². The Morgan fingerprint density at radius 3 is 2.00 bits per heavy atom. The van der Waals surface area contributed by atoms with Gasteiger partial charge in [0, 0.05) is 13.7 Å². The monoisotopic (exact) mass is 262 g/mol. The minimum atomic E-state index is -0.954. The van der Waals surface area contributed by atoms with E-state index in [0.717, 1.165) is 6.42 Å². The molecule has 0 amide bonds. The number of hydrogen-bond donors (Lipinski definition) is 1. The van der Waals surface area contributed by atoms with Crippen LogP contribution in [0.5, 0.6) is 0 Å². The van der Waals surface area contributed by atoms with Gasteiger partial charge in [0.15, 0.2) is 0 Å². The number of carbonyl (C=O) groups is 1. The van der Waals surface area contributed by atoms with Crippen LogP contribution >= 0.6 is 0 Å². The Labute approximate surface area is 109 Å². The van der Waals surface area contributed by atoms with Crippen molar-refractivity contribution in [1.82, 2.24) is 0 Å². The number of ether oxygens (including phenoxy) is 3. The van der Waals surface area contributed by atoms with Crippen LogP contribution in [0, 0.1) is 0 Å². The van der Waals surface area contributed by atoms with Gasteiger partial charge in [-0.05, 0) is 40.5 Å².